The van der Waals surface area contributed by atoms with E-state index >= 15 is 0 Å². The molecular formula is C18H20N4O3. The van der Waals surface area contributed by atoms with Gasteiger partial charge in [-0.05, 0) is 30.7 Å². The molecule has 1 aromatic heterocycles. The van der Waals surface area contributed by atoms with Crippen molar-refractivity contribution in [2.45, 2.75) is 6.42 Å². The van der Waals surface area contributed by atoms with Crippen LogP contribution in [0.25, 0.3) is 0 Å². The van der Waals surface area contributed by atoms with Crippen LogP contribution in [0.3, 0.4) is 0 Å². The fraction of sp³-hybridized carbons (Fsp3) is 0.222. The third-order valence-corrected chi connectivity index (χ3v) is 3.33. The highest BCUT2D eigenvalue weighted by Crippen LogP contribution is 1.97. The minimum absolute atomic E-state index is 0.0875. The molecule has 0 aliphatic rings. The van der Waals surface area contributed by atoms with E-state index in [2.05, 4.69) is 20.9 Å². The van der Waals surface area contributed by atoms with Crippen LogP contribution in [0.2, 0.25) is 0 Å². The van der Waals surface area contributed by atoms with Gasteiger partial charge in [-0.1, -0.05) is 18.2 Å². The lowest BCUT2D eigenvalue weighted by molar-refractivity contribution is -0.120. The maximum Gasteiger partial charge on any atom is 0.252 e. The lowest BCUT2D eigenvalue weighted by atomic mass is 10.2. The highest BCUT2D eigenvalue weighted by molar-refractivity contribution is 5.96. The van der Waals surface area contributed by atoms with Crippen molar-refractivity contribution in [3.8, 4) is 0 Å². The molecule has 0 aliphatic heterocycles. The molecule has 0 radical (unpaired) electrons. The van der Waals surface area contributed by atoms with E-state index in [9.17, 15) is 14.4 Å². The fourth-order valence-electron chi connectivity index (χ4n) is 2.03. The Labute approximate surface area is 145 Å². The maximum atomic E-state index is 11.8. The van der Waals surface area contributed by atoms with Gasteiger partial charge in [-0.3, -0.25) is 19.4 Å². The second kappa shape index (κ2) is 9.82. The monoisotopic (exact) mass is 340 g/mol. The Morgan fingerprint density at radius 1 is 0.800 bits per heavy atom. The van der Waals surface area contributed by atoms with Crippen LogP contribution in [-0.2, 0) is 4.79 Å². The van der Waals surface area contributed by atoms with Crippen LogP contribution in [0.4, 0.5) is 0 Å². The normalized spacial score (nSPS) is 9.92. The Hall–Kier alpha value is -3.22. The van der Waals surface area contributed by atoms with Crippen LogP contribution >= 0.6 is 0 Å². The molecule has 2 rings (SSSR count). The predicted molar refractivity (Wildman–Crippen MR) is 93.0 cm³/mol. The first-order valence-electron chi connectivity index (χ1n) is 7.95. The van der Waals surface area contributed by atoms with Crippen molar-refractivity contribution in [1.29, 1.82) is 0 Å². The van der Waals surface area contributed by atoms with Crippen molar-refractivity contribution in [3.63, 3.8) is 0 Å². The number of carbonyl (C=O) groups excluding carboxylic acids is 3. The lowest BCUT2D eigenvalue weighted by Crippen LogP contribution is -2.38. The van der Waals surface area contributed by atoms with Gasteiger partial charge in [0.1, 0.15) is 0 Å². The van der Waals surface area contributed by atoms with E-state index in [0.717, 1.165) is 0 Å². The zero-order valence-electron chi connectivity index (χ0n) is 13.7. The molecular weight excluding hydrogens is 320 g/mol. The van der Waals surface area contributed by atoms with Gasteiger partial charge < -0.3 is 16.0 Å². The standard InChI is InChI=1S/C18H20N4O3/c23-16(13-22-17(24)14-6-2-1-3-7-14)20-10-5-11-21-18(25)15-8-4-9-19-12-15/h1-4,6-9,12H,5,10-11,13H2,(H,20,23)(H,21,25)(H,22,24). The van der Waals surface area contributed by atoms with Gasteiger partial charge in [0.05, 0.1) is 12.1 Å². The summed E-state index contributed by atoms with van der Waals surface area (Å²) in [5.74, 6) is -0.767. The molecule has 0 aliphatic carbocycles. The van der Waals surface area contributed by atoms with Gasteiger partial charge in [0.25, 0.3) is 11.8 Å². The molecule has 0 fully saturated rings. The fourth-order valence-corrected chi connectivity index (χ4v) is 2.03. The molecule has 7 heteroatoms. The van der Waals surface area contributed by atoms with Gasteiger partial charge in [0, 0.05) is 31.0 Å². The molecule has 0 unspecified atom stereocenters. The molecule has 0 saturated heterocycles. The van der Waals surface area contributed by atoms with Gasteiger partial charge in [0.15, 0.2) is 0 Å². The smallest absolute Gasteiger partial charge is 0.252 e. The minimum Gasteiger partial charge on any atom is -0.355 e. The van der Waals surface area contributed by atoms with Crippen molar-refractivity contribution in [2.24, 2.45) is 0 Å². The number of nitrogens with one attached hydrogen (secondary N) is 3. The third-order valence-electron chi connectivity index (χ3n) is 3.33. The first-order valence-corrected chi connectivity index (χ1v) is 7.95. The maximum absolute atomic E-state index is 11.8. The first-order chi connectivity index (χ1) is 12.2. The number of aromatic nitrogens is 1. The number of pyridine rings is 1. The molecule has 0 saturated carbocycles. The zero-order chi connectivity index (χ0) is 17.9. The summed E-state index contributed by atoms with van der Waals surface area (Å²) in [4.78, 5) is 39.1. The minimum atomic E-state index is -0.292. The summed E-state index contributed by atoms with van der Waals surface area (Å²) < 4.78 is 0. The highest BCUT2D eigenvalue weighted by atomic mass is 16.2. The Balaban J connectivity index is 1.56. The van der Waals surface area contributed by atoms with Crippen molar-refractivity contribution in [3.05, 3.63) is 66.0 Å². The number of benzene rings is 1. The second-order valence-electron chi connectivity index (χ2n) is 5.25. The summed E-state index contributed by atoms with van der Waals surface area (Å²) in [5, 5.41) is 7.98. The Morgan fingerprint density at radius 3 is 2.20 bits per heavy atom. The summed E-state index contributed by atoms with van der Waals surface area (Å²) in [7, 11) is 0. The van der Waals surface area contributed by atoms with Crippen molar-refractivity contribution in [1.82, 2.24) is 20.9 Å². The number of nitrogens with zero attached hydrogens (tertiary/aromatic N) is 1. The highest BCUT2D eigenvalue weighted by Gasteiger charge is 2.07. The van der Waals surface area contributed by atoms with E-state index in [-0.39, 0.29) is 24.3 Å². The second-order valence-corrected chi connectivity index (χ2v) is 5.25. The van der Waals surface area contributed by atoms with E-state index in [1.54, 1.807) is 42.6 Å². The summed E-state index contributed by atoms with van der Waals surface area (Å²) in [6.45, 7) is 0.757. The van der Waals surface area contributed by atoms with Crippen LogP contribution in [-0.4, -0.2) is 42.3 Å². The molecule has 7 nitrogen and oxygen atoms in total. The lowest BCUT2D eigenvalue weighted by Gasteiger charge is -2.08. The van der Waals surface area contributed by atoms with Crippen LogP contribution in [0.15, 0.2) is 54.9 Å². The van der Waals surface area contributed by atoms with Crippen molar-refractivity contribution in [2.75, 3.05) is 19.6 Å². The van der Waals surface area contributed by atoms with Gasteiger partial charge in [-0.2, -0.15) is 0 Å². The summed E-state index contributed by atoms with van der Waals surface area (Å²) >= 11 is 0. The molecule has 0 bridgehead atoms. The Bertz CT molecular complexity index is 705. The zero-order valence-corrected chi connectivity index (χ0v) is 13.7. The summed E-state index contributed by atoms with van der Waals surface area (Å²) in [6, 6.07) is 12.1. The molecule has 0 spiro atoms. The van der Waals surface area contributed by atoms with Crippen molar-refractivity contribution < 1.29 is 14.4 Å². The summed E-state index contributed by atoms with van der Waals surface area (Å²) in [5.41, 5.74) is 1.00. The van der Waals surface area contributed by atoms with E-state index in [4.69, 9.17) is 0 Å². The van der Waals surface area contributed by atoms with Crippen LogP contribution in [0.1, 0.15) is 27.1 Å². The number of hydrogen-bond donors (Lipinski definition) is 3. The largest absolute Gasteiger partial charge is 0.355 e. The predicted octanol–water partition coefficient (Wildman–Crippen LogP) is 0.748. The number of rotatable bonds is 8. The molecule has 3 N–H and O–H groups in total. The van der Waals surface area contributed by atoms with E-state index < -0.39 is 0 Å². The summed E-state index contributed by atoms with van der Waals surface area (Å²) in [6.07, 6.45) is 3.68. The van der Waals surface area contributed by atoms with Gasteiger partial charge in [-0.25, -0.2) is 0 Å². The number of carbonyl (C=O) groups is 3. The molecule has 1 aromatic carbocycles. The number of hydrogen-bond acceptors (Lipinski definition) is 4. The van der Waals surface area contributed by atoms with Gasteiger partial charge in [-0.15, -0.1) is 0 Å². The SMILES string of the molecule is O=C(CNC(=O)c1ccccc1)NCCCNC(=O)c1cccnc1. The Morgan fingerprint density at radius 2 is 1.48 bits per heavy atom. The molecule has 0 atom stereocenters. The third kappa shape index (κ3) is 6.42. The van der Waals surface area contributed by atoms with E-state index in [0.29, 0.717) is 30.6 Å². The average Bonchev–Trinajstić information content (AvgIpc) is 2.67. The van der Waals surface area contributed by atoms with Crippen LogP contribution in [0, 0.1) is 0 Å². The molecule has 3 amide bonds. The van der Waals surface area contributed by atoms with Crippen LogP contribution < -0.4 is 16.0 Å². The number of amides is 3. The topological polar surface area (TPSA) is 100 Å². The van der Waals surface area contributed by atoms with Crippen LogP contribution in [0.5, 0.6) is 0 Å². The molecule has 25 heavy (non-hydrogen) atoms. The molecule has 2 aromatic rings. The Kier molecular flexibility index (Phi) is 7.12. The van der Waals surface area contributed by atoms with E-state index in [1.807, 2.05) is 6.07 Å². The van der Waals surface area contributed by atoms with Crippen molar-refractivity contribution >= 4 is 17.7 Å². The molecule has 130 valence electrons. The van der Waals surface area contributed by atoms with Gasteiger partial charge in [0.2, 0.25) is 5.91 Å². The quantitative estimate of drug-likeness (QED) is 0.617. The molecule has 1 heterocycles. The van der Waals surface area contributed by atoms with Gasteiger partial charge >= 0.3 is 0 Å². The first kappa shape index (κ1) is 18.1. The average molecular weight is 340 g/mol. The van der Waals surface area contributed by atoms with E-state index in [1.165, 1.54) is 6.20 Å².